The first-order chi connectivity index (χ1) is 8.79. The van der Waals surface area contributed by atoms with Crippen molar-refractivity contribution in [3.63, 3.8) is 0 Å². The number of furan rings is 1. The molecule has 2 aromatic heterocycles. The van der Waals surface area contributed by atoms with Gasteiger partial charge in [0.2, 0.25) is 0 Å². The van der Waals surface area contributed by atoms with Gasteiger partial charge in [0, 0.05) is 6.54 Å². The Morgan fingerprint density at radius 1 is 1.33 bits per heavy atom. The van der Waals surface area contributed by atoms with E-state index in [1.54, 1.807) is 18.4 Å². The van der Waals surface area contributed by atoms with E-state index >= 15 is 0 Å². The van der Waals surface area contributed by atoms with E-state index in [1.807, 2.05) is 19.1 Å². The summed E-state index contributed by atoms with van der Waals surface area (Å²) in [5.74, 6) is 1.19. The van der Waals surface area contributed by atoms with E-state index in [9.17, 15) is 4.79 Å². The van der Waals surface area contributed by atoms with E-state index in [0.717, 1.165) is 5.76 Å². The second-order valence-corrected chi connectivity index (χ2v) is 3.60. The lowest BCUT2D eigenvalue weighted by Crippen LogP contribution is -2.24. The lowest BCUT2D eigenvalue weighted by Gasteiger charge is -2.04. The van der Waals surface area contributed by atoms with Gasteiger partial charge in [-0.2, -0.15) is 0 Å². The lowest BCUT2D eigenvalue weighted by molar-refractivity contribution is 0.0950. The SMILES string of the molecule is CCNC(=O)c1ccc(NCc2ccco2)nn1. The topological polar surface area (TPSA) is 80.0 Å². The summed E-state index contributed by atoms with van der Waals surface area (Å²) in [5.41, 5.74) is 0.306. The Hall–Kier alpha value is -2.37. The fourth-order valence-corrected chi connectivity index (χ4v) is 1.39. The average Bonchev–Trinajstić information content (AvgIpc) is 2.90. The predicted molar refractivity (Wildman–Crippen MR) is 66.1 cm³/mol. The zero-order valence-corrected chi connectivity index (χ0v) is 10.0. The van der Waals surface area contributed by atoms with E-state index in [-0.39, 0.29) is 5.91 Å². The molecule has 18 heavy (non-hydrogen) atoms. The number of anilines is 1. The minimum atomic E-state index is -0.220. The van der Waals surface area contributed by atoms with Crippen LogP contribution in [-0.2, 0) is 6.54 Å². The molecule has 0 fully saturated rings. The largest absolute Gasteiger partial charge is 0.467 e. The first-order valence-corrected chi connectivity index (χ1v) is 5.67. The molecule has 0 bridgehead atoms. The number of nitrogens with one attached hydrogen (secondary N) is 2. The zero-order valence-electron chi connectivity index (χ0n) is 10.0. The van der Waals surface area contributed by atoms with E-state index in [4.69, 9.17) is 4.42 Å². The normalized spacial score (nSPS) is 10.1. The quantitative estimate of drug-likeness (QED) is 0.834. The summed E-state index contributed by atoms with van der Waals surface area (Å²) in [4.78, 5) is 11.5. The van der Waals surface area contributed by atoms with Gasteiger partial charge in [0.1, 0.15) is 11.6 Å². The molecule has 0 saturated heterocycles. The molecule has 0 unspecified atom stereocenters. The number of amides is 1. The predicted octanol–water partition coefficient (Wildman–Crippen LogP) is 1.43. The maximum Gasteiger partial charge on any atom is 0.271 e. The Morgan fingerprint density at radius 3 is 2.83 bits per heavy atom. The third-order valence-corrected chi connectivity index (χ3v) is 2.26. The molecule has 0 aliphatic heterocycles. The Balaban J connectivity index is 1.93. The highest BCUT2D eigenvalue weighted by Crippen LogP contribution is 2.06. The van der Waals surface area contributed by atoms with Gasteiger partial charge in [0.05, 0.1) is 12.8 Å². The molecule has 0 aromatic carbocycles. The summed E-state index contributed by atoms with van der Waals surface area (Å²) in [7, 11) is 0. The number of carbonyl (C=O) groups excluding carboxylic acids is 1. The molecule has 1 amide bonds. The Labute approximate surface area is 104 Å². The highest BCUT2D eigenvalue weighted by atomic mass is 16.3. The highest BCUT2D eigenvalue weighted by molar-refractivity contribution is 5.92. The molecule has 2 aromatic rings. The Kier molecular flexibility index (Phi) is 3.90. The van der Waals surface area contributed by atoms with Gasteiger partial charge in [-0.15, -0.1) is 10.2 Å². The van der Waals surface area contributed by atoms with Gasteiger partial charge in [-0.25, -0.2) is 0 Å². The molecule has 6 heteroatoms. The zero-order chi connectivity index (χ0) is 12.8. The fourth-order valence-electron chi connectivity index (χ4n) is 1.39. The molecular weight excluding hydrogens is 232 g/mol. The van der Waals surface area contributed by atoms with Crippen molar-refractivity contribution in [1.82, 2.24) is 15.5 Å². The van der Waals surface area contributed by atoms with Crippen molar-refractivity contribution < 1.29 is 9.21 Å². The molecule has 0 spiro atoms. The van der Waals surface area contributed by atoms with Crippen molar-refractivity contribution in [3.8, 4) is 0 Å². The smallest absolute Gasteiger partial charge is 0.271 e. The van der Waals surface area contributed by atoms with Gasteiger partial charge < -0.3 is 15.1 Å². The van der Waals surface area contributed by atoms with Crippen molar-refractivity contribution in [2.75, 3.05) is 11.9 Å². The molecule has 0 radical (unpaired) electrons. The molecule has 6 nitrogen and oxygen atoms in total. The number of nitrogens with zero attached hydrogens (tertiary/aromatic N) is 2. The van der Waals surface area contributed by atoms with Crippen LogP contribution in [0.25, 0.3) is 0 Å². The third-order valence-electron chi connectivity index (χ3n) is 2.26. The van der Waals surface area contributed by atoms with Gasteiger partial charge in [-0.1, -0.05) is 0 Å². The van der Waals surface area contributed by atoms with Crippen molar-refractivity contribution in [1.29, 1.82) is 0 Å². The van der Waals surface area contributed by atoms with Gasteiger partial charge in [-0.3, -0.25) is 4.79 Å². The van der Waals surface area contributed by atoms with E-state index in [1.165, 1.54) is 0 Å². The second-order valence-electron chi connectivity index (χ2n) is 3.60. The van der Waals surface area contributed by atoms with Crippen molar-refractivity contribution in [2.24, 2.45) is 0 Å². The first kappa shape index (κ1) is 12.1. The summed E-state index contributed by atoms with van der Waals surface area (Å²) in [6, 6.07) is 7.02. The molecule has 2 N–H and O–H groups in total. The molecule has 0 aliphatic carbocycles. The number of rotatable bonds is 5. The minimum Gasteiger partial charge on any atom is -0.467 e. The third kappa shape index (κ3) is 3.07. The molecule has 0 atom stereocenters. The summed E-state index contributed by atoms with van der Waals surface area (Å²) < 4.78 is 5.17. The minimum absolute atomic E-state index is 0.220. The van der Waals surface area contributed by atoms with Crippen molar-refractivity contribution in [2.45, 2.75) is 13.5 Å². The highest BCUT2D eigenvalue weighted by Gasteiger charge is 2.06. The Bertz CT molecular complexity index is 493. The number of hydrogen-bond acceptors (Lipinski definition) is 5. The summed E-state index contributed by atoms with van der Waals surface area (Å²) >= 11 is 0. The van der Waals surface area contributed by atoms with E-state index < -0.39 is 0 Å². The standard InChI is InChI=1S/C12H14N4O2/c1-2-13-12(17)10-5-6-11(16-15-10)14-8-9-4-3-7-18-9/h3-7H,2,8H2,1H3,(H,13,17)(H,14,16). The van der Waals surface area contributed by atoms with Crippen LogP contribution in [-0.4, -0.2) is 22.6 Å². The van der Waals surface area contributed by atoms with Crippen LogP contribution in [0.2, 0.25) is 0 Å². The summed E-state index contributed by atoms with van der Waals surface area (Å²) in [6.45, 7) is 2.95. The van der Waals surface area contributed by atoms with Crippen LogP contribution in [0.15, 0.2) is 34.9 Å². The second kappa shape index (κ2) is 5.81. The lowest BCUT2D eigenvalue weighted by atomic mass is 10.3. The van der Waals surface area contributed by atoms with Crippen LogP contribution in [0.1, 0.15) is 23.2 Å². The molecule has 94 valence electrons. The maximum atomic E-state index is 11.5. The molecule has 2 heterocycles. The summed E-state index contributed by atoms with van der Waals surface area (Å²) in [6.07, 6.45) is 1.61. The van der Waals surface area contributed by atoms with E-state index in [2.05, 4.69) is 20.8 Å². The Morgan fingerprint density at radius 2 is 2.22 bits per heavy atom. The average molecular weight is 246 g/mol. The van der Waals surface area contributed by atoms with Crippen LogP contribution in [0, 0.1) is 0 Å². The molecule has 2 rings (SSSR count). The van der Waals surface area contributed by atoms with Crippen LogP contribution < -0.4 is 10.6 Å². The molecular formula is C12H14N4O2. The van der Waals surface area contributed by atoms with Gasteiger partial charge in [-0.05, 0) is 31.2 Å². The molecule has 0 aliphatic rings. The van der Waals surface area contributed by atoms with Crippen molar-refractivity contribution in [3.05, 3.63) is 42.0 Å². The number of hydrogen-bond donors (Lipinski definition) is 2. The van der Waals surface area contributed by atoms with Crippen LogP contribution >= 0.6 is 0 Å². The van der Waals surface area contributed by atoms with Crippen LogP contribution in [0.5, 0.6) is 0 Å². The molecule has 0 saturated carbocycles. The van der Waals surface area contributed by atoms with E-state index in [0.29, 0.717) is 24.6 Å². The first-order valence-electron chi connectivity index (χ1n) is 5.67. The van der Waals surface area contributed by atoms with Crippen LogP contribution in [0.4, 0.5) is 5.82 Å². The van der Waals surface area contributed by atoms with Gasteiger partial charge in [0.25, 0.3) is 5.91 Å². The van der Waals surface area contributed by atoms with Crippen molar-refractivity contribution >= 4 is 11.7 Å². The van der Waals surface area contributed by atoms with Gasteiger partial charge in [0.15, 0.2) is 5.69 Å². The van der Waals surface area contributed by atoms with Gasteiger partial charge >= 0.3 is 0 Å². The van der Waals surface area contributed by atoms with Crippen LogP contribution in [0.3, 0.4) is 0 Å². The summed E-state index contributed by atoms with van der Waals surface area (Å²) in [5, 5.41) is 13.5. The maximum absolute atomic E-state index is 11.5. The number of carbonyl (C=O) groups is 1. The number of aromatic nitrogens is 2. The monoisotopic (exact) mass is 246 g/mol. The fraction of sp³-hybridized carbons (Fsp3) is 0.250.